The highest BCUT2D eigenvalue weighted by molar-refractivity contribution is 5.91. The lowest BCUT2D eigenvalue weighted by Crippen LogP contribution is -2.41. The minimum atomic E-state index is -0.358. The van der Waals surface area contributed by atoms with Crippen molar-refractivity contribution in [2.45, 2.75) is 90.1 Å². The van der Waals surface area contributed by atoms with Gasteiger partial charge in [-0.3, -0.25) is 5.32 Å². The van der Waals surface area contributed by atoms with Crippen LogP contribution in [-0.4, -0.2) is 61.8 Å². The van der Waals surface area contributed by atoms with Crippen molar-refractivity contribution in [3.63, 3.8) is 0 Å². The molecule has 3 rings (SSSR count). The van der Waals surface area contributed by atoms with E-state index in [4.69, 9.17) is 4.74 Å². The molecule has 210 valence electrons. The first-order valence-electron chi connectivity index (χ1n) is 15.2. The maximum absolute atomic E-state index is 12.6. The SMILES string of the molecule is CCCCCCCCCCCCN(C)CCN1CCC(OC(=O)Nc2ccccc2-c2ccccc2)CC1. The number of benzene rings is 2. The molecule has 0 spiro atoms. The van der Waals surface area contributed by atoms with E-state index in [1.54, 1.807) is 0 Å². The van der Waals surface area contributed by atoms with E-state index in [2.05, 4.69) is 41.2 Å². The van der Waals surface area contributed by atoms with Gasteiger partial charge in [-0.15, -0.1) is 0 Å². The van der Waals surface area contributed by atoms with Gasteiger partial charge in [0.2, 0.25) is 0 Å². The predicted octanol–water partition coefficient (Wildman–Crippen LogP) is 8.22. The van der Waals surface area contributed by atoms with Crippen LogP contribution in [0.3, 0.4) is 0 Å². The van der Waals surface area contributed by atoms with Gasteiger partial charge >= 0.3 is 6.09 Å². The van der Waals surface area contributed by atoms with Gasteiger partial charge in [0, 0.05) is 31.7 Å². The molecule has 38 heavy (non-hydrogen) atoms. The normalized spacial score (nSPS) is 14.6. The molecule has 1 N–H and O–H groups in total. The third-order valence-electron chi connectivity index (χ3n) is 7.75. The van der Waals surface area contributed by atoms with E-state index in [1.807, 2.05) is 42.5 Å². The number of ether oxygens (including phenoxy) is 1. The molecule has 2 aromatic carbocycles. The number of hydrogen-bond donors (Lipinski definition) is 1. The van der Waals surface area contributed by atoms with Gasteiger partial charge in [-0.25, -0.2) is 4.79 Å². The first-order valence-corrected chi connectivity index (χ1v) is 15.2. The summed E-state index contributed by atoms with van der Waals surface area (Å²) in [6.45, 7) is 7.67. The molecular weight excluding hydrogens is 470 g/mol. The summed E-state index contributed by atoms with van der Waals surface area (Å²) in [5.74, 6) is 0. The number of para-hydroxylation sites is 1. The van der Waals surface area contributed by atoms with Crippen LogP contribution < -0.4 is 5.32 Å². The zero-order valence-corrected chi connectivity index (χ0v) is 24.0. The summed E-state index contributed by atoms with van der Waals surface area (Å²) in [4.78, 5) is 17.6. The number of nitrogens with zero attached hydrogens (tertiary/aromatic N) is 2. The molecule has 0 aliphatic carbocycles. The summed E-state index contributed by atoms with van der Waals surface area (Å²) in [5.41, 5.74) is 2.86. The lowest BCUT2D eigenvalue weighted by molar-refractivity contribution is 0.0565. The van der Waals surface area contributed by atoms with E-state index in [9.17, 15) is 4.79 Å². The van der Waals surface area contributed by atoms with E-state index in [0.29, 0.717) is 0 Å². The van der Waals surface area contributed by atoms with Gasteiger partial charge in [0.1, 0.15) is 6.10 Å². The summed E-state index contributed by atoms with van der Waals surface area (Å²) in [6, 6.07) is 18.0. The monoisotopic (exact) mass is 521 g/mol. The average molecular weight is 522 g/mol. The first kappa shape index (κ1) is 30.2. The second-order valence-electron chi connectivity index (χ2n) is 11.0. The number of carbonyl (C=O) groups excluding carboxylic acids is 1. The predicted molar refractivity (Wildman–Crippen MR) is 161 cm³/mol. The van der Waals surface area contributed by atoms with Crippen LogP contribution in [0.1, 0.15) is 84.0 Å². The molecule has 5 nitrogen and oxygen atoms in total. The molecule has 1 aliphatic heterocycles. The number of nitrogens with one attached hydrogen (secondary N) is 1. The van der Waals surface area contributed by atoms with Crippen molar-refractivity contribution < 1.29 is 9.53 Å². The Bertz CT molecular complexity index is 896. The largest absolute Gasteiger partial charge is 0.446 e. The van der Waals surface area contributed by atoms with Crippen LogP contribution in [0.15, 0.2) is 54.6 Å². The quantitative estimate of drug-likeness (QED) is 0.213. The summed E-state index contributed by atoms with van der Waals surface area (Å²) >= 11 is 0. The molecule has 1 fully saturated rings. The van der Waals surface area contributed by atoms with Gasteiger partial charge < -0.3 is 14.5 Å². The van der Waals surface area contributed by atoms with Crippen LogP contribution in [0.2, 0.25) is 0 Å². The number of amides is 1. The van der Waals surface area contributed by atoms with Crippen LogP contribution in [0.5, 0.6) is 0 Å². The average Bonchev–Trinajstić information content (AvgIpc) is 2.94. The van der Waals surface area contributed by atoms with Crippen molar-refractivity contribution in [3.05, 3.63) is 54.6 Å². The standard InChI is InChI=1S/C33H51N3O2/c1-3-4-5-6-7-8-9-10-11-17-24-35(2)27-28-36-25-22-30(23-26-36)38-33(37)34-32-21-16-15-20-31(32)29-18-13-12-14-19-29/h12-16,18-21,30H,3-11,17,22-28H2,1-2H3,(H,34,37). The summed E-state index contributed by atoms with van der Waals surface area (Å²) in [6.07, 6.45) is 15.3. The molecule has 1 heterocycles. The summed E-state index contributed by atoms with van der Waals surface area (Å²) in [5, 5.41) is 2.97. The zero-order chi connectivity index (χ0) is 26.8. The lowest BCUT2D eigenvalue weighted by Gasteiger charge is -2.32. The second-order valence-corrected chi connectivity index (χ2v) is 11.0. The molecule has 1 saturated heterocycles. The Labute approximate surface area is 231 Å². The van der Waals surface area contributed by atoms with Gasteiger partial charge in [0.15, 0.2) is 0 Å². The van der Waals surface area contributed by atoms with Crippen molar-refractivity contribution in [2.24, 2.45) is 0 Å². The molecular formula is C33H51N3O2. The molecule has 0 atom stereocenters. The molecule has 0 saturated carbocycles. The zero-order valence-electron chi connectivity index (χ0n) is 24.0. The fourth-order valence-electron chi connectivity index (χ4n) is 5.30. The third kappa shape index (κ3) is 11.6. The van der Waals surface area contributed by atoms with Crippen molar-refractivity contribution in [3.8, 4) is 11.1 Å². The van der Waals surface area contributed by atoms with Crippen LogP contribution in [-0.2, 0) is 4.74 Å². The molecule has 0 aromatic heterocycles. The number of likely N-dealkylation sites (tertiary alicyclic amines) is 1. The maximum Gasteiger partial charge on any atom is 0.411 e. The molecule has 1 amide bonds. The van der Waals surface area contributed by atoms with E-state index < -0.39 is 0 Å². The Morgan fingerprint density at radius 3 is 2.13 bits per heavy atom. The highest BCUT2D eigenvalue weighted by Gasteiger charge is 2.22. The summed E-state index contributed by atoms with van der Waals surface area (Å²) < 4.78 is 5.79. The number of carbonyl (C=O) groups is 1. The van der Waals surface area contributed by atoms with Crippen LogP contribution >= 0.6 is 0 Å². The van der Waals surface area contributed by atoms with Gasteiger partial charge in [-0.05, 0) is 44.5 Å². The molecule has 0 unspecified atom stereocenters. The number of piperidine rings is 1. The molecule has 0 radical (unpaired) electrons. The smallest absolute Gasteiger partial charge is 0.411 e. The minimum absolute atomic E-state index is 0.0143. The molecule has 2 aromatic rings. The number of hydrogen-bond acceptors (Lipinski definition) is 4. The third-order valence-corrected chi connectivity index (χ3v) is 7.75. The van der Waals surface area contributed by atoms with Crippen LogP contribution in [0.4, 0.5) is 10.5 Å². The van der Waals surface area contributed by atoms with Crippen LogP contribution in [0, 0.1) is 0 Å². The van der Waals surface area contributed by atoms with Gasteiger partial charge in [0.05, 0.1) is 5.69 Å². The van der Waals surface area contributed by atoms with E-state index in [-0.39, 0.29) is 12.2 Å². The van der Waals surface area contributed by atoms with Crippen molar-refractivity contribution in [1.82, 2.24) is 9.80 Å². The highest BCUT2D eigenvalue weighted by atomic mass is 16.6. The Hall–Kier alpha value is -2.37. The maximum atomic E-state index is 12.6. The minimum Gasteiger partial charge on any atom is -0.446 e. The summed E-state index contributed by atoms with van der Waals surface area (Å²) in [7, 11) is 2.25. The van der Waals surface area contributed by atoms with Crippen LogP contribution in [0.25, 0.3) is 11.1 Å². The highest BCUT2D eigenvalue weighted by Crippen LogP contribution is 2.28. The van der Waals surface area contributed by atoms with Gasteiger partial charge in [-0.2, -0.15) is 0 Å². The molecule has 1 aliphatic rings. The molecule has 5 heteroatoms. The van der Waals surface area contributed by atoms with Crippen molar-refractivity contribution >= 4 is 11.8 Å². The lowest BCUT2D eigenvalue weighted by atomic mass is 10.0. The van der Waals surface area contributed by atoms with E-state index in [1.165, 1.54) is 70.8 Å². The van der Waals surface area contributed by atoms with E-state index >= 15 is 0 Å². The van der Waals surface area contributed by atoms with Gasteiger partial charge in [0.25, 0.3) is 0 Å². The van der Waals surface area contributed by atoms with Crippen molar-refractivity contribution in [1.29, 1.82) is 0 Å². The number of rotatable bonds is 17. The fraction of sp³-hybridized carbons (Fsp3) is 0.606. The first-order chi connectivity index (χ1) is 18.7. The fourth-order valence-corrected chi connectivity index (χ4v) is 5.30. The Morgan fingerprint density at radius 1 is 0.842 bits per heavy atom. The number of unbranched alkanes of at least 4 members (excludes halogenated alkanes) is 9. The van der Waals surface area contributed by atoms with Crippen molar-refractivity contribution in [2.75, 3.05) is 45.1 Å². The van der Waals surface area contributed by atoms with Gasteiger partial charge in [-0.1, -0.05) is 113 Å². The second kappa shape index (κ2) is 18.0. The van der Waals surface area contributed by atoms with E-state index in [0.717, 1.165) is 55.8 Å². The Kier molecular flexibility index (Phi) is 14.3. The molecule has 0 bridgehead atoms. The Balaban J connectivity index is 1.24. The topological polar surface area (TPSA) is 44.8 Å². The number of likely N-dealkylation sites (N-methyl/N-ethyl adjacent to an activating group) is 1. The Morgan fingerprint density at radius 2 is 1.45 bits per heavy atom. The number of anilines is 1.